The first-order valence-corrected chi connectivity index (χ1v) is 9.80. The van der Waals surface area contributed by atoms with E-state index in [0.29, 0.717) is 30.3 Å². The smallest absolute Gasteiger partial charge is 0.320 e. The van der Waals surface area contributed by atoms with Gasteiger partial charge in [-0.1, -0.05) is 13.0 Å². The van der Waals surface area contributed by atoms with Crippen LogP contribution < -0.4 is 30.7 Å². The molecule has 2 aromatic rings. The van der Waals surface area contributed by atoms with Gasteiger partial charge in [0.1, 0.15) is 5.82 Å². The number of carbonyl (C=O) groups excluding carboxylic acids is 2. The van der Waals surface area contributed by atoms with Crippen LogP contribution in [0.4, 0.5) is 10.6 Å². The highest BCUT2D eigenvalue weighted by molar-refractivity contribution is 5.88. The third-order valence-electron chi connectivity index (χ3n) is 4.86. The number of anilines is 1. The van der Waals surface area contributed by atoms with E-state index in [1.54, 1.807) is 37.1 Å². The van der Waals surface area contributed by atoms with E-state index >= 15 is 0 Å². The maximum atomic E-state index is 12.5. The summed E-state index contributed by atoms with van der Waals surface area (Å²) in [4.78, 5) is 24.5. The van der Waals surface area contributed by atoms with Gasteiger partial charge in [0.2, 0.25) is 5.91 Å². The summed E-state index contributed by atoms with van der Waals surface area (Å²) in [6.45, 7) is 4.14. The lowest BCUT2D eigenvalue weighted by Gasteiger charge is -2.31. The van der Waals surface area contributed by atoms with Crippen LogP contribution in [0.2, 0.25) is 0 Å². The zero-order valence-electron chi connectivity index (χ0n) is 17.6. The Kier molecular flexibility index (Phi) is 6.78. The zero-order valence-corrected chi connectivity index (χ0v) is 17.6. The van der Waals surface area contributed by atoms with Crippen LogP contribution in [-0.4, -0.2) is 42.0 Å². The van der Waals surface area contributed by atoms with Gasteiger partial charge in [-0.15, -0.1) is 0 Å². The fraction of sp³-hybridized carbons (Fsp3) is 0.450. The predicted octanol–water partition coefficient (Wildman–Crippen LogP) is 1.87. The highest BCUT2D eigenvalue weighted by Crippen LogP contribution is 2.27. The summed E-state index contributed by atoms with van der Waals surface area (Å²) in [6, 6.07) is 6.86. The number of amides is 3. The Morgan fingerprint density at radius 1 is 1.27 bits per heavy atom. The number of aryl methyl sites for hydroxylation is 1. The number of carbonyl (C=O) groups is 2. The summed E-state index contributed by atoms with van der Waals surface area (Å²) in [5.41, 5.74) is 1.58. The Bertz CT molecular complexity index is 913. The van der Waals surface area contributed by atoms with Crippen LogP contribution in [-0.2, 0) is 11.3 Å². The molecule has 1 fully saturated rings. The summed E-state index contributed by atoms with van der Waals surface area (Å²) < 4.78 is 12.1. The molecule has 0 saturated carbocycles. The number of benzene rings is 1. The molecule has 1 saturated heterocycles. The van der Waals surface area contributed by atoms with Crippen molar-refractivity contribution in [1.82, 2.24) is 25.7 Å². The molecule has 0 bridgehead atoms. The summed E-state index contributed by atoms with van der Waals surface area (Å²) >= 11 is 0. The van der Waals surface area contributed by atoms with E-state index in [1.807, 2.05) is 19.9 Å². The third-order valence-corrected chi connectivity index (χ3v) is 4.86. The molecule has 0 radical (unpaired) electrons. The quantitative estimate of drug-likeness (QED) is 0.547. The van der Waals surface area contributed by atoms with Crippen LogP contribution in [0.25, 0.3) is 0 Å². The minimum absolute atomic E-state index is 0.0531. The summed E-state index contributed by atoms with van der Waals surface area (Å²) in [6.07, 6.45) is 0.714. The largest absolute Gasteiger partial charge is 0.493 e. The van der Waals surface area contributed by atoms with E-state index in [4.69, 9.17) is 9.47 Å². The number of nitrogens with one attached hydrogen (secondary N) is 4. The predicted molar refractivity (Wildman–Crippen MR) is 111 cm³/mol. The van der Waals surface area contributed by atoms with E-state index in [9.17, 15) is 9.59 Å². The van der Waals surface area contributed by atoms with Gasteiger partial charge < -0.3 is 20.1 Å². The van der Waals surface area contributed by atoms with E-state index in [-0.39, 0.29) is 18.0 Å². The fourth-order valence-corrected chi connectivity index (χ4v) is 3.29. The number of hydrogen-bond acceptors (Lipinski definition) is 6. The van der Waals surface area contributed by atoms with Crippen molar-refractivity contribution >= 4 is 17.8 Å². The van der Waals surface area contributed by atoms with E-state index in [2.05, 4.69) is 26.4 Å². The monoisotopic (exact) mass is 416 g/mol. The first-order valence-electron chi connectivity index (χ1n) is 9.80. The van der Waals surface area contributed by atoms with Gasteiger partial charge in [0.15, 0.2) is 17.8 Å². The molecule has 10 nitrogen and oxygen atoms in total. The van der Waals surface area contributed by atoms with Crippen molar-refractivity contribution in [2.24, 2.45) is 0 Å². The SMILES string of the molecule is CCC1CC(=O)NC(n2nc(C)cc2NC(=O)NCc2ccc(OC)c(OC)c2)N1. The second-order valence-electron chi connectivity index (χ2n) is 7.06. The number of ether oxygens (including phenoxy) is 2. The highest BCUT2D eigenvalue weighted by atomic mass is 16.5. The van der Waals surface area contributed by atoms with Gasteiger partial charge in [-0.25, -0.2) is 9.48 Å². The molecule has 1 aliphatic heterocycles. The Morgan fingerprint density at radius 3 is 2.73 bits per heavy atom. The van der Waals surface area contributed by atoms with Crippen molar-refractivity contribution in [3.63, 3.8) is 0 Å². The van der Waals surface area contributed by atoms with Crippen molar-refractivity contribution in [3.05, 3.63) is 35.5 Å². The first kappa shape index (κ1) is 21.4. The zero-order chi connectivity index (χ0) is 21.7. The second-order valence-corrected chi connectivity index (χ2v) is 7.06. The Hall–Kier alpha value is -3.27. The van der Waals surface area contributed by atoms with Crippen molar-refractivity contribution in [1.29, 1.82) is 0 Å². The molecule has 4 N–H and O–H groups in total. The molecule has 2 unspecified atom stereocenters. The minimum atomic E-state index is -0.522. The molecule has 10 heteroatoms. The van der Waals surface area contributed by atoms with Gasteiger partial charge in [-0.05, 0) is 31.0 Å². The Balaban J connectivity index is 1.65. The molecule has 0 aliphatic carbocycles. The van der Waals surface area contributed by atoms with E-state index in [0.717, 1.165) is 17.7 Å². The summed E-state index contributed by atoms with van der Waals surface area (Å²) in [7, 11) is 3.13. The molecule has 3 amide bonds. The molecule has 0 spiro atoms. The number of hydrogen-bond donors (Lipinski definition) is 4. The van der Waals surface area contributed by atoms with Crippen LogP contribution >= 0.6 is 0 Å². The number of nitrogens with zero attached hydrogens (tertiary/aromatic N) is 2. The van der Waals surface area contributed by atoms with Crippen molar-refractivity contribution in [3.8, 4) is 11.5 Å². The van der Waals surface area contributed by atoms with Gasteiger partial charge in [-0.2, -0.15) is 5.10 Å². The maximum absolute atomic E-state index is 12.5. The van der Waals surface area contributed by atoms with E-state index < -0.39 is 6.29 Å². The highest BCUT2D eigenvalue weighted by Gasteiger charge is 2.28. The molecule has 1 aliphatic rings. The first-order chi connectivity index (χ1) is 14.4. The number of methoxy groups -OCH3 is 2. The topological polar surface area (TPSA) is 119 Å². The molecule has 3 rings (SSSR count). The molecule has 2 atom stereocenters. The average Bonchev–Trinajstić information content (AvgIpc) is 3.11. The number of rotatable bonds is 7. The van der Waals surface area contributed by atoms with Gasteiger partial charge in [-0.3, -0.25) is 15.4 Å². The maximum Gasteiger partial charge on any atom is 0.320 e. The standard InChI is InChI=1S/C20H28N6O4/c1-5-14-10-18(27)24-19(22-14)26-17(8-12(2)25-26)23-20(28)21-11-13-6-7-15(29-3)16(9-13)30-4/h6-9,14,19,22H,5,10-11H2,1-4H3,(H,24,27)(H2,21,23,28). The summed E-state index contributed by atoms with van der Waals surface area (Å²) in [5.74, 6) is 1.64. The van der Waals surface area contributed by atoms with Gasteiger partial charge >= 0.3 is 6.03 Å². The van der Waals surface area contributed by atoms with Gasteiger partial charge in [0.05, 0.1) is 19.9 Å². The lowest BCUT2D eigenvalue weighted by Crippen LogP contribution is -2.53. The lowest BCUT2D eigenvalue weighted by molar-refractivity contribution is -0.125. The van der Waals surface area contributed by atoms with Crippen LogP contribution in [0.3, 0.4) is 0 Å². The molecule has 162 valence electrons. The van der Waals surface area contributed by atoms with Crippen molar-refractivity contribution in [2.75, 3.05) is 19.5 Å². The second kappa shape index (κ2) is 9.49. The summed E-state index contributed by atoms with van der Waals surface area (Å²) in [5, 5.41) is 16.2. The molecular weight excluding hydrogens is 388 g/mol. The Labute approximate surface area is 175 Å². The normalized spacial score (nSPS) is 18.5. The fourth-order valence-electron chi connectivity index (χ4n) is 3.29. The molecule has 1 aromatic carbocycles. The third kappa shape index (κ3) is 5.01. The van der Waals surface area contributed by atoms with E-state index in [1.165, 1.54) is 0 Å². The molecule has 2 heterocycles. The van der Waals surface area contributed by atoms with Crippen molar-refractivity contribution in [2.45, 2.75) is 45.6 Å². The Morgan fingerprint density at radius 2 is 2.03 bits per heavy atom. The van der Waals surface area contributed by atoms with Crippen LogP contribution in [0, 0.1) is 6.92 Å². The molecule has 1 aromatic heterocycles. The van der Waals surface area contributed by atoms with Crippen LogP contribution in [0.1, 0.15) is 37.3 Å². The van der Waals surface area contributed by atoms with Crippen molar-refractivity contribution < 1.29 is 19.1 Å². The molecular formula is C20H28N6O4. The number of urea groups is 1. The van der Waals surface area contributed by atoms with Gasteiger partial charge in [0.25, 0.3) is 0 Å². The lowest BCUT2D eigenvalue weighted by atomic mass is 10.1. The average molecular weight is 416 g/mol. The minimum Gasteiger partial charge on any atom is -0.493 e. The molecule has 30 heavy (non-hydrogen) atoms. The number of aromatic nitrogens is 2. The van der Waals surface area contributed by atoms with Crippen LogP contribution in [0.5, 0.6) is 11.5 Å². The van der Waals surface area contributed by atoms with Gasteiger partial charge in [0, 0.05) is 25.1 Å². The van der Waals surface area contributed by atoms with Crippen LogP contribution in [0.15, 0.2) is 24.3 Å².